The Morgan fingerprint density at radius 3 is 2.48 bits per heavy atom. The Morgan fingerprint density at radius 1 is 1.24 bits per heavy atom. The van der Waals surface area contributed by atoms with Crippen LogP contribution in [0.5, 0.6) is 5.75 Å². The number of methoxy groups -OCH3 is 1. The number of carbonyl (C=O) groups is 1. The third-order valence-electron chi connectivity index (χ3n) is 7.12. The second-order valence-corrected chi connectivity index (χ2v) is 9.46. The zero-order valence-electron chi connectivity index (χ0n) is 17.1. The van der Waals surface area contributed by atoms with Gasteiger partial charge in [0.25, 0.3) is 0 Å². The van der Waals surface area contributed by atoms with Crippen LogP contribution in [-0.2, 0) is 11.8 Å². The Bertz CT molecular complexity index is 699. The van der Waals surface area contributed by atoms with Crippen molar-refractivity contribution in [2.75, 3.05) is 7.11 Å². The molecule has 2 aliphatic rings. The molecular weight excluding hydrogens is 308 g/mol. The van der Waals surface area contributed by atoms with E-state index in [2.05, 4.69) is 40.7 Å². The molecule has 2 heteroatoms. The summed E-state index contributed by atoms with van der Waals surface area (Å²) in [5.74, 6) is 1.98. The minimum absolute atomic E-state index is 0.113. The Labute approximate surface area is 153 Å². The average Bonchev–Trinajstić information content (AvgIpc) is 2.51. The standard InChI is InChI=1S/C23H34O2/c1-14(2)20-16-9-10-19-22(4,5)11-8-12-23(19,6)18(16)13-17(15(3)24)21(20)25-7/h13-14,19H,8-12H2,1-7H3/t19-,23+/m0/s1. The van der Waals surface area contributed by atoms with Crippen LogP contribution in [0.2, 0.25) is 0 Å². The minimum atomic E-state index is 0.113. The molecule has 2 atom stereocenters. The monoisotopic (exact) mass is 342 g/mol. The molecule has 3 rings (SSSR count). The normalized spacial score (nSPS) is 27.6. The van der Waals surface area contributed by atoms with Crippen LogP contribution in [-0.4, -0.2) is 12.9 Å². The van der Waals surface area contributed by atoms with E-state index in [1.165, 1.54) is 42.4 Å². The Kier molecular flexibility index (Phi) is 4.54. The van der Waals surface area contributed by atoms with Gasteiger partial charge in [-0.2, -0.15) is 0 Å². The van der Waals surface area contributed by atoms with Crippen molar-refractivity contribution in [3.63, 3.8) is 0 Å². The van der Waals surface area contributed by atoms with Crippen molar-refractivity contribution in [3.05, 3.63) is 28.3 Å². The van der Waals surface area contributed by atoms with Gasteiger partial charge in [0.05, 0.1) is 12.7 Å². The fraction of sp³-hybridized carbons (Fsp3) is 0.696. The topological polar surface area (TPSA) is 26.3 Å². The van der Waals surface area contributed by atoms with E-state index in [1.54, 1.807) is 14.0 Å². The number of carbonyl (C=O) groups excluding carboxylic acids is 1. The van der Waals surface area contributed by atoms with Gasteiger partial charge in [-0.05, 0) is 72.5 Å². The molecule has 0 spiro atoms. The Balaban J connectivity index is 2.30. The van der Waals surface area contributed by atoms with Gasteiger partial charge in [-0.15, -0.1) is 0 Å². The molecule has 1 aromatic rings. The van der Waals surface area contributed by atoms with E-state index < -0.39 is 0 Å². The van der Waals surface area contributed by atoms with E-state index >= 15 is 0 Å². The maximum Gasteiger partial charge on any atom is 0.163 e. The van der Waals surface area contributed by atoms with Crippen LogP contribution in [0.15, 0.2) is 6.07 Å². The molecule has 0 saturated heterocycles. The van der Waals surface area contributed by atoms with Crippen molar-refractivity contribution in [2.45, 2.75) is 85.0 Å². The Hall–Kier alpha value is -1.31. The molecule has 0 radical (unpaired) electrons. The summed E-state index contributed by atoms with van der Waals surface area (Å²) in [5.41, 5.74) is 5.50. The maximum absolute atomic E-state index is 12.4. The molecule has 1 aromatic carbocycles. The molecule has 138 valence electrons. The third kappa shape index (κ3) is 2.73. The van der Waals surface area contributed by atoms with E-state index in [0.29, 0.717) is 17.3 Å². The van der Waals surface area contributed by atoms with Gasteiger partial charge in [-0.3, -0.25) is 4.79 Å². The number of fused-ring (bicyclic) bond motifs is 3. The van der Waals surface area contributed by atoms with Crippen LogP contribution in [0.1, 0.15) is 100 Å². The summed E-state index contributed by atoms with van der Waals surface area (Å²) in [4.78, 5) is 12.4. The van der Waals surface area contributed by atoms with Gasteiger partial charge >= 0.3 is 0 Å². The number of rotatable bonds is 3. The van der Waals surface area contributed by atoms with Crippen LogP contribution >= 0.6 is 0 Å². The third-order valence-corrected chi connectivity index (χ3v) is 7.12. The maximum atomic E-state index is 12.4. The molecule has 0 amide bonds. The molecular formula is C23H34O2. The molecule has 2 nitrogen and oxygen atoms in total. The number of hydrogen-bond donors (Lipinski definition) is 0. The molecule has 0 N–H and O–H groups in total. The molecule has 2 aliphatic carbocycles. The van der Waals surface area contributed by atoms with Crippen molar-refractivity contribution in [1.82, 2.24) is 0 Å². The second kappa shape index (κ2) is 6.14. The fourth-order valence-corrected chi connectivity index (χ4v) is 6.04. The predicted octanol–water partition coefficient (Wildman–Crippen LogP) is 6.05. The first-order valence-electron chi connectivity index (χ1n) is 9.88. The van der Waals surface area contributed by atoms with Gasteiger partial charge in [-0.25, -0.2) is 0 Å². The zero-order valence-corrected chi connectivity index (χ0v) is 17.1. The second-order valence-electron chi connectivity index (χ2n) is 9.46. The van der Waals surface area contributed by atoms with Gasteiger partial charge in [0.15, 0.2) is 5.78 Å². The Morgan fingerprint density at radius 2 is 1.92 bits per heavy atom. The minimum Gasteiger partial charge on any atom is -0.496 e. The summed E-state index contributed by atoms with van der Waals surface area (Å²) in [6.07, 6.45) is 6.18. The van der Waals surface area contributed by atoms with Gasteiger partial charge in [0.2, 0.25) is 0 Å². The molecule has 1 saturated carbocycles. The lowest BCUT2D eigenvalue weighted by Crippen LogP contribution is -2.48. The molecule has 0 heterocycles. The lowest BCUT2D eigenvalue weighted by molar-refractivity contribution is 0.0404. The highest BCUT2D eigenvalue weighted by atomic mass is 16.5. The number of hydrogen-bond acceptors (Lipinski definition) is 2. The van der Waals surface area contributed by atoms with Crippen LogP contribution in [0.4, 0.5) is 0 Å². The number of ether oxygens (including phenoxy) is 1. The van der Waals surface area contributed by atoms with Gasteiger partial charge < -0.3 is 4.74 Å². The highest BCUT2D eigenvalue weighted by Crippen LogP contribution is 2.58. The van der Waals surface area contributed by atoms with Crippen molar-refractivity contribution < 1.29 is 9.53 Å². The van der Waals surface area contributed by atoms with Crippen LogP contribution < -0.4 is 4.74 Å². The van der Waals surface area contributed by atoms with E-state index in [-0.39, 0.29) is 11.2 Å². The largest absolute Gasteiger partial charge is 0.496 e. The molecule has 0 aliphatic heterocycles. The first-order chi connectivity index (χ1) is 11.6. The highest BCUT2D eigenvalue weighted by molar-refractivity contribution is 5.98. The van der Waals surface area contributed by atoms with Crippen molar-refractivity contribution in [3.8, 4) is 5.75 Å². The van der Waals surface area contributed by atoms with Crippen LogP contribution in [0, 0.1) is 11.3 Å². The molecule has 0 unspecified atom stereocenters. The summed E-state index contributed by atoms with van der Waals surface area (Å²) >= 11 is 0. The molecule has 0 bridgehead atoms. The molecule has 1 fully saturated rings. The summed E-state index contributed by atoms with van der Waals surface area (Å²) < 4.78 is 5.75. The first kappa shape index (κ1) is 18.5. The summed E-state index contributed by atoms with van der Waals surface area (Å²) in [6, 6.07) is 2.19. The summed E-state index contributed by atoms with van der Waals surface area (Å²) in [6.45, 7) is 13.5. The molecule has 0 aromatic heterocycles. The highest BCUT2D eigenvalue weighted by Gasteiger charge is 2.50. The van der Waals surface area contributed by atoms with Crippen LogP contribution in [0.3, 0.4) is 0 Å². The smallest absolute Gasteiger partial charge is 0.163 e. The lowest BCUT2D eigenvalue weighted by Gasteiger charge is -2.55. The number of ketones is 1. The van der Waals surface area contributed by atoms with Crippen LogP contribution in [0.25, 0.3) is 0 Å². The lowest BCUT2D eigenvalue weighted by atomic mass is 9.50. The van der Waals surface area contributed by atoms with Gasteiger partial charge in [-0.1, -0.05) is 41.0 Å². The van der Waals surface area contributed by atoms with Crippen molar-refractivity contribution >= 4 is 5.78 Å². The fourth-order valence-electron chi connectivity index (χ4n) is 6.04. The quantitative estimate of drug-likeness (QED) is 0.625. The van der Waals surface area contributed by atoms with E-state index in [0.717, 1.165) is 17.7 Å². The summed E-state index contributed by atoms with van der Waals surface area (Å²) in [5, 5.41) is 0. The number of benzene rings is 1. The van der Waals surface area contributed by atoms with E-state index in [1.807, 2.05) is 0 Å². The van der Waals surface area contributed by atoms with Gasteiger partial charge in [0, 0.05) is 5.56 Å². The number of Topliss-reactive ketones (excluding diaryl/α,β-unsaturated/α-hetero) is 1. The first-order valence-corrected chi connectivity index (χ1v) is 9.88. The predicted molar refractivity (Wildman–Crippen MR) is 104 cm³/mol. The zero-order chi connectivity index (χ0) is 18.6. The SMILES string of the molecule is COc1c(C(C)=O)cc2c(c1C(C)C)CC[C@H]1C(C)(C)CCC[C@]21C. The average molecular weight is 343 g/mol. The molecule has 25 heavy (non-hydrogen) atoms. The van der Waals surface area contributed by atoms with Crippen molar-refractivity contribution in [1.29, 1.82) is 0 Å². The van der Waals surface area contributed by atoms with E-state index in [4.69, 9.17) is 4.74 Å². The van der Waals surface area contributed by atoms with E-state index in [9.17, 15) is 4.79 Å². The summed E-state index contributed by atoms with van der Waals surface area (Å²) in [7, 11) is 1.71. The van der Waals surface area contributed by atoms with Crippen molar-refractivity contribution in [2.24, 2.45) is 11.3 Å². The van der Waals surface area contributed by atoms with Gasteiger partial charge in [0.1, 0.15) is 5.75 Å².